The molecule has 0 radical (unpaired) electrons. The number of nitrogens with zero attached hydrogens (tertiary/aromatic N) is 3. The summed E-state index contributed by atoms with van der Waals surface area (Å²) >= 11 is 1.33. The molecule has 10 nitrogen and oxygen atoms in total. The number of carbonyl (C=O) groups is 3. The number of carbonyl (C=O) groups excluding carboxylic acids is 3. The van der Waals surface area contributed by atoms with Gasteiger partial charge in [0.05, 0.1) is 12.6 Å². The first-order valence-electron chi connectivity index (χ1n) is 14.9. The smallest absolute Gasteiger partial charge is 0.273 e. The van der Waals surface area contributed by atoms with Gasteiger partial charge in [0.1, 0.15) is 23.0 Å². The van der Waals surface area contributed by atoms with Gasteiger partial charge in [-0.3, -0.25) is 19.3 Å². The minimum atomic E-state index is -0.597. The SMILES string of the molecule is CC(C)C[C@@H]1CN(Cc2ccccc2)CC(=O)N[C@H](Cc2ccccc2)c2nc(cs2)C(=O)N[C@H](C)c2nc(co2)C(=O)N1. The summed E-state index contributed by atoms with van der Waals surface area (Å²) in [4.78, 5) is 51.2. The van der Waals surface area contributed by atoms with Crippen molar-refractivity contribution in [3.05, 3.63) is 106 Å². The minimum absolute atomic E-state index is 0.106. The Labute approximate surface area is 261 Å². The maximum Gasteiger partial charge on any atom is 0.273 e. The monoisotopic (exact) mass is 614 g/mol. The van der Waals surface area contributed by atoms with Crippen LogP contribution >= 0.6 is 11.3 Å². The van der Waals surface area contributed by atoms with Crippen LogP contribution in [-0.2, 0) is 17.8 Å². The van der Waals surface area contributed by atoms with E-state index in [-0.39, 0.29) is 41.7 Å². The molecule has 3 atom stereocenters. The van der Waals surface area contributed by atoms with E-state index in [0.717, 1.165) is 11.1 Å². The molecule has 0 spiro atoms. The number of benzene rings is 2. The Bertz CT molecular complexity index is 1550. The zero-order chi connectivity index (χ0) is 31.1. The van der Waals surface area contributed by atoms with E-state index in [1.54, 1.807) is 12.3 Å². The van der Waals surface area contributed by atoms with Gasteiger partial charge < -0.3 is 20.4 Å². The summed E-state index contributed by atoms with van der Waals surface area (Å²) in [5.41, 5.74) is 2.46. The quantitative estimate of drug-likeness (QED) is 0.288. The van der Waals surface area contributed by atoms with Gasteiger partial charge >= 0.3 is 0 Å². The summed E-state index contributed by atoms with van der Waals surface area (Å²) in [5, 5.41) is 11.5. The minimum Gasteiger partial charge on any atom is -0.446 e. The van der Waals surface area contributed by atoms with Crippen LogP contribution in [0, 0.1) is 5.92 Å². The van der Waals surface area contributed by atoms with Crippen molar-refractivity contribution in [2.75, 3.05) is 13.1 Å². The molecular formula is C33H38N6O4S. The van der Waals surface area contributed by atoms with E-state index >= 15 is 0 Å². The van der Waals surface area contributed by atoms with Gasteiger partial charge in [0.2, 0.25) is 11.8 Å². The normalized spacial score (nSPS) is 20.4. The summed E-state index contributed by atoms with van der Waals surface area (Å²) in [6.45, 7) is 7.01. The van der Waals surface area contributed by atoms with Gasteiger partial charge in [-0.05, 0) is 36.8 Å². The second kappa shape index (κ2) is 14.4. The van der Waals surface area contributed by atoms with Gasteiger partial charge in [-0.15, -0.1) is 11.3 Å². The van der Waals surface area contributed by atoms with Crippen molar-refractivity contribution < 1.29 is 18.8 Å². The molecule has 3 amide bonds. The standard InChI is InChI=1S/C33H38N6O4S/c1-21(2)14-25-17-39(16-24-12-8-5-9-13-24)18-29(40)36-26(15-23-10-6-4-7-11-23)33-38-28(20-44-33)31(42)34-22(3)32-37-27(19-43-32)30(41)35-25/h4-13,19-22,25-26H,14-18H2,1-3H3,(H,34,42)(H,35,41)(H,36,40)/t22-,25-,26-/m1/s1. The van der Waals surface area contributed by atoms with E-state index < -0.39 is 18.0 Å². The van der Waals surface area contributed by atoms with E-state index in [1.165, 1.54) is 17.6 Å². The number of nitrogens with one attached hydrogen (secondary N) is 3. The van der Waals surface area contributed by atoms with Crippen LogP contribution in [0.25, 0.3) is 0 Å². The Morgan fingerprint density at radius 2 is 1.59 bits per heavy atom. The van der Waals surface area contributed by atoms with E-state index in [9.17, 15) is 14.4 Å². The molecule has 2 aromatic carbocycles. The average molecular weight is 615 g/mol. The predicted octanol–water partition coefficient (Wildman–Crippen LogP) is 4.68. The van der Waals surface area contributed by atoms with Crippen LogP contribution in [0.5, 0.6) is 0 Å². The Balaban J connectivity index is 1.49. The molecule has 0 fully saturated rings. The molecule has 4 bridgehead atoms. The molecule has 0 saturated heterocycles. The Morgan fingerprint density at radius 1 is 0.909 bits per heavy atom. The lowest BCUT2D eigenvalue weighted by Gasteiger charge is -2.29. The molecule has 4 aromatic rings. The van der Waals surface area contributed by atoms with E-state index in [0.29, 0.717) is 36.9 Å². The Morgan fingerprint density at radius 3 is 2.30 bits per heavy atom. The highest BCUT2D eigenvalue weighted by atomic mass is 32.1. The molecule has 0 saturated carbocycles. The number of hydrogen-bond acceptors (Lipinski definition) is 8. The third-order valence-corrected chi connectivity index (χ3v) is 8.29. The lowest BCUT2D eigenvalue weighted by atomic mass is 10.0. The van der Waals surface area contributed by atoms with Crippen molar-refractivity contribution in [1.29, 1.82) is 0 Å². The van der Waals surface area contributed by atoms with E-state index in [2.05, 4.69) is 44.7 Å². The van der Waals surface area contributed by atoms with Crippen LogP contribution in [0.1, 0.15) is 82.3 Å². The number of fused-ring (bicyclic) bond motifs is 4. The van der Waals surface area contributed by atoms with Crippen molar-refractivity contribution in [3.8, 4) is 0 Å². The molecule has 5 rings (SSSR count). The van der Waals surface area contributed by atoms with Crippen LogP contribution < -0.4 is 16.0 Å². The highest BCUT2D eigenvalue weighted by Gasteiger charge is 2.27. The lowest BCUT2D eigenvalue weighted by Crippen LogP contribution is -2.47. The van der Waals surface area contributed by atoms with E-state index in [4.69, 9.17) is 4.42 Å². The highest BCUT2D eigenvalue weighted by Crippen LogP contribution is 2.24. The van der Waals surface area contributed by atoms with Gasteiger partial charge in [-0.2, -0.15) is 0 Å². The lowest BCUT2D eigenvalue weighted by molar-refractivity contribution is -0.123. The van der Waals surface area contributed by atoms with Crippen molar-refractivity contribution in [1.82, 2.24) is 30.8 Å². The maximum atomic E-state index is 13.7. The Kier molecular flexibility index (Phi) is 10.2. The first-order chi connectivity index (χ1) is 21.2. The second-order valence-electron chi connectivity index (χ2n) is 11.6. The topological polar surface area (TPSA) is 129 Å². The van der Waals surface area contributed by atoms with Crippen LogP contribution in [0.15, 0.2) is 76.7 Å². The zero-order valence-corrected chi connectivity index (χ0v) is 26.0. The number of amides is 3. The molecule has 1 aliphatic heterocycles. The fourth-order valence-electron chi connectivity index (χ4n) is 5.31. The predicted molar refractivity (Wildman–Crippen MR) is 168 cm³/mol. The summed E-state index contributed by atoms with van der Waals surface area (Å²) in [5.74, 6) is -0.431. The zero-order valence-electron chi connectivity index (χ0n) is 25.2. The van der Waals surface area contributed by atoms with Crippen LogP contribution in [-0.4, -0.2) is 51.7 Å². The van der Waals surface area contributed by atoms with Gasteiger partial charge in [0.15, 0.2) is 5.69 Å². The van der Waals surface area contributed by atoms with Gasteiger partial charge in [-0.25, -0.2) is 9.97 Å². The van der Waals surface area contributed by atoms with Gasteiger partial charge in [-0.1, -0.05) is 74.5 Å². The van der Waals surface area contributed by atoms with Crippen molar-refractivity contribution in [2.24, 2.45) is 5.92 Å². The number of oxazole rings is 1. The second-order valence-corrected chi connectivity index (χ2v) is 12.5. The van der Waals surface area contributed by atoms with Crippen molar-refractivity contribution >= 4 is 29.1 Å². The Hall–Kier alpha value is -4.35. The summed E-state index contributed by atoms with van der Waals surface area (Å²) in [7, 11) is 0. The fraction of sp³-hybridized carbons (Fsp3) is 0.364. The van der Waals surface area contributed by atoms with Crippen LogP contribution in [0.2, 0.25) is 0 Å². The number of hydrogen-bond donors (Lipinski definition) is 3. The third-order valence-electron chi connectivity index (χ3n) is 7.33. The third kappa shape index (κ3) is 8.39. The van der Waals surface area contributed by atoms with Crippen molar-refractivity contribution in [3.63, 3.8) is 0 Å². The van der Waals surface area contributed by atoms with E-state index in [1.807, 2.05) is 60.7 Å². The molecule has 11 heteroatoms. The fourth-order valence-corrected chi connectivity index (χ4v) is 6.16. The van der Waals surface area contributed by atoms with Crippen LogP contribution in [0.4, 0.5) is 0 Å². The molecule has 2 aromatic heterocycles. The van der Waals surface area contributed by atoms with Crippen LogP contribution in [0.3, 0.4) is 0 Å². The number of rotatable bonds is 6. The van der Waals surface area contributed by atoms with Gasteiger partial charge in [0.25, 0.3) is 11.8 Å². The number of thiazole rings is 1. The molecule has 0 aliphatic carbocycles. The van der Waals surface area contributed by atoms with Gasteiger partial charge in [0, 0.05) is 24.5 Å². The largest absolute Gasteiger partial charge is 0.446 e. The summed E-state index contributed by atoms with van der Waals surface area (Å²) < 4.78 is 5.59. The average Bonchev–Trinajstić information content (AvgIpc) is 3.68. The summed E-state index contributed by atoms with van der Waals surface area (Å²) in [6.07, 6.45) is 2.52. The molecule has 3 heterocycles. The number of aromatic nitrogens is 2. The molecule has 230 valence electrons. The molecule has 0 unspecified atom stereocenters. The molecule has 1 aliphatic rings. The first-order valence-corrected chi connectivity index (χ1v) is 15.7. The molecular weight excluding hydrogens is 576 g/mol. The molecule has 3 N–H and O–H groups in total. The highest BCUT2D eigenvalue weighted by molar-refractivity contribution is 7.09. The maximum absolute atomic E-state index is 13.7. The molecule has 44 heavy (non-hydrogen) atoms. The summed E-state index contributed by atoms with van der Waals surface area (Å²) in [6, 6.07) is 18.5. The van der Waals surface area contributed by atoms with Crippen molar-refractivity contribution in [2.45, 2.75) is 58.3 Å². The first kappa shape index (κ1) is 31.1.